The third-order valence-corrected chi connectivity index (χ3v) is 11.4. The average Bonchev–Trinajstić information content (AvgIpc) is 3.29. The second kappa shape index (κ2) is 10.6. The summed E-state index contributed by atoms with van der Waals surface area (Å²) in [5, 5.41) is 21.9. The number of hydrogen-bond donors (Lipinski definition) is 6. The normalized spacial score (nSPS) is 40.4. The Labute approximate surface area is 262 Å². The Morgan fingerprint density at radius 3 is 2.55 bits per heavy atom. The Balaban J connectivity index is 1.17. The van der Waals surface area contributed by atoms with Crippen LogP contribution in [0.4, 0.5) is 5.82 Å². The van der Waals surface area contributed by atoms with Crippen LogP contribution in [0.5, 0.6) is 0 Å². The van der Waals surface area contributed by atoms with E-state index in [9.17, 15) is 33.9 Å². The van der Waals surface area contributed by atoms with E-state index in [2.05, 4.69) is 29.9 Å². The molecule has 7 N–H and O–H groups in total. The fourth-order valence-corrected chi connectivity index (χ4v) is 9.16. The number of nitrogens with one attached hydrogen (secondary N) is 1. The van der Waals surface area contributed by atoms with E-state index in [-0.39, 0.29) is 40.4 Å². The summed E-state index contributed by atoms with van der Waals surface area (Å²) in [6.45, 7) is -0.315. The summed E-state index contributed by atoms with van der Waals surface area (Å²) >= 11 is 0. The molecule has 2 saturated heterocycles. The number of nitrogens with zero attached hydrogens (tertiary/aromatic N) is 7. The van der Waals surface area contributed by atoms with E-state index in [1.165, 1.54) is 23.5 Å². The van der Waals surface area contributed by atoms with Gasteiger partial charge in [-0.1, -0.05) is 0 Å². The summed E-state index contributed by atoms with van der Waals surface area (Å²) in [6, 6.07) is -0.850. The Morgan fingerprint density at radius 2 is 1.77 bits per heavy atom. The van der Waals surface area contributed by atoms with Crippen molar-refractivity contribution in [3.8, 4) is 0 Å². The summed E-state index contributed by atoms with van der Waals surface area (Å²) in [5.74, 6) is -1.27. The van der Waals surface area contributed by atoms with Crippen molar-refractivity contribution in [2.24, 2.45) is 17.3 Å². The number of hydrogen-bond acceptors (Lipinski definition) is 16. The largest absolute Gasteiger partial charge is 0.472 e. The lowest BCUT2D eigenvalue weighted by atomic mass is 9.99. The Morgan fingerprint density at radius 1 is 1.04 bits per heavy atom. The number of rotatable bonds is 3. The SMILES string of the molecule is Cc1nc2c(ncn2[C@@H]2O[C@@H]3COP(=O)(O)O[C@H]4[C@H](n5cnc6c(N)ncnc65)[C@H]5C[C@]5(COP(=O)(O)O[C@@H]2[C@@H]3CO)[C@H]4O)c(=O)[nH]1. The molecular formula is C24H29N9O12P2. The van der Waals surface area contributed by atoms with Crippen molar-refractivity contribution in [2.75, 3.05) is 25.6 Å². The minimum atomic E-state index is -4.97. The van der Waals surface area contributed by atoms with Gasteiger partial charge in [-0.3, -0.25) is 27.5 Å². The zero-order valence-corrected chi connectivity index (χ0v) is 26.1. The Kier molecular flexibility index (Phi) is 7.04. The number of aliphatic hydroxyl groups excluding tert-OH is 2. The van der Waals surface area contributed by atoms with Crippen LogP contribution in [0, 0.1) is 24.2 Å². The first kappa shape index (κ1) is 31.1. The highest BCUT2D eigenvalue weighted by Gasteiger charge is 2.73. The van der Waals surface area contributed by atoms with E-state index in [4.69, 9.17) is 28.6 Å². The molecule has 4 aromatic heterocycles. The molecule has 21 nitrogen and oxygen atoms in total. The molecule has 8 rings (SSSR count). The van der Waals surface area contributed by atoms with E-state index in [0.29, 0.717) is 0 Å². The highest BCUT2D eigenvalue weighted by Crippen LogP contribution is 2.71. The predicted octanol–water partition coefficient (Wildman–Crippen LogP) is -0.704. The fraction of sp³-hybridized carbons (Fsp3) is 0.583. The van der Waals surface area contributed by atoms with Crippen LogP contribution in [-0.2, 0) is 32.0 Å². The monoisotopic (exact) mass is 697 g/mol. The lowest BCUT2D eigenvalue weighted by Gasteiger charge is -2.31. The fourth-order valence-electron chi connectivity index (χ4n) is 7.18. The van der Waals surface area contributed by atoms with E-state index in [1.54, 1.807) is 11.5 Å². The van der Waals surface area contributed by atoms with E-state index in [0.717, 1.165) is 0 Å². The van der Waals surface area contributed by atoms with E-state index >= 15 is 0 Å². The Hall–Kier alpha value is -3.20. The van der Waals surface area contributed by atoms with Crippen LogP contribution >= 0.6 is 15.6 Å². The maximum atomic E-state index is 13.5. The number of phosphoric acid groups is 2. The number of fused-ring (bicyclic) bond motifs is 5. The first-order valence-electron chi connectivity index (χ1n) is 14.4. The Bertz CT molecular complexity index is 2060. The number of nitrogen functional groups attached to an aromatic ring is 1. The van der Waals surface area contributed by atoms with Gasteiger partial charge in [0.15, 0.2) is 28.9 Å². The van der Waals surface area contributed by atoms with Gasteiger partial charge in [-0.05, 0) is 19.3 Å². The molecule has 4 fully saturated rings. The third-order valence-electron chi connectivity index (χ3n) is 9.47. The van der Waals surface area contributed by atoms with Crippen LogP contribution in [0.3, 0.4) is 0 Å². The van der Waals surface area contributed by atoms with Crippen molar-refractivity contribution in [1.82, 2.24) is 39.0 Å². The summed E-state index contributed by atoms with van der Waals surface area (Å²) < 4.78 is 58.0. The van der Waals surface area contributed by atoms with Gasteiger partial charge < -0.3 is 40.0 Å². The van der Waals surface area contributed by atoms with Gasteiger partial charge in [-0.15, -0.1) is 0 Å². The predicted molar refractivity (Wildman–Crippen MR) is 154 cm³/mol. The maximum absolute atomic E-state index is 13.5. The average molecular weight is 697 g/mol. The highest BCUT2D eigenvalue weighted by molar-refractivity contribution is 7.47. The molecule has 2 aliphatic heterocycles. The van der Waals surface area contributed by atoms with Crippen LogP contribution in [0.2, 0.25) is 0 Å². The minimum Gasteiger partial charge on any atom is -0.396 e. The number of aryl methyl sites for hydroxylation is 1. The van der Waals surface area contributed by atoms with Crippen LogP contribution < -0.4 is 11.3 Å². The van der Waals surface area contributed by atoms with Crippen molar-refractivity contribution in [2.45, 2.75) is 50.0 Å². The van der Waals surface area contributed by atoms with Crippen molar-refractivity contribution < 1.29 is 52.0 Å². The molecule has 6 heterocycles. The minimum absolute atomic E-state index is 0.0520. The number of imidazole rings is 2. The van der Waals surface area contributed by atoms with E-state index < -0.39 is 95.0 Å². The quantitative estimate of drug-likeness (QED) is 0.144. The number of aromatic amines is 1. The number of phosphoric ester groups is 2. The summed E-state index contributed by atoms with van der Waals surface area (Å²) in [4.78, 5) is 57.7. The molecule has 2 saturated carbocycles. The number of aromatic nitrogens is 8. The molecule has 4 bridgehead atoms. The smallest absolute Gasteiger partial charge is 0.396 e. The molecule has 11 atom stereocenters. The van der Waals surface area contributed by atoms with Gasteiger partial charge >= 0.3 is 15.6 Å². The standard InChI is InChI=1S/C24H29N9O12P2/c1-9-30-21-14(22(36)31-9)29-8-33(21)23-16-10(3-34)12(43-23)4-41-46(37,38)45-17-15(32-7-28-13-19(25)26-6-27-20(13)32)11-2-24(11,18(17)35)5-42-47(39,40)44-16/h6-8,10-12,15-18,23,34-35H,2-5H2,1H3,(H,37,38)(H,39,40)(H2,25,26,27)(H,30,31,36)/t10-,11-,12-,15-,16-,17+,18+,23-,24-/m1/s1. The summed E-state index contributed by atoms with van der Waals surface area (Å²) in [5.41, 5.74) is 4.73. The van der Waals surface area contributed by atoms with Gasteiger partial charge in [-0.2, -0.15) is 0 Å². The molecule has 23 heteroatoms. The molecule has 2 unspecified atom stereocenters. The first-order chi connectivity index (χ1) is 22.3. The zero-order chi connectivity index (χ0) is 33.0. The first-order valence-corrected chi connectivity index (χ1v) is 17.4. The molecule has 252 valence electrons. The third kappa shape index (κ3) is 4.88. The van der Waals surface area contributed by atoms with Gasteiger partial charge in [0.1, 0.15) is 29.9 Å². The van der Waals surface area contributed by atoms with Crippen LogP contribution in [-0.4, -0.2) is 103 Å². The molecule has 47 heavy (non-hydrogen) atoms. The topological polar surface area (TPSA) is 294 Å². The van der Waals surface area contributed by atoms with Crippen LogP contribution in [0.1, 0.15) is 24.5 Å². The molecule has 0 aromatic carbocycles. The van der Waals surface area contributed by atoms with Gasteiger partial charge in [-0.25, -0.2) is 34.0 Å². The van der Waals surface area contributed by atoms with Crippen LogP contribution in [0.25, 0.3) is 22.3 Å². The van der Waals surface area contributed by atoms with Gasteiger partial charge in [0.25, 0.3) is 5.56 Å². The number of aliphatic hydroxyl groups is 2. The summed E-state index contributed by atoms with van der Waals surface area (Å²) in [7, 11) is -9.94. The van der Waals surface area contributed by atoms with Gasteiger partial charge in [0.2, 0.25) is 0 Å². The zero-order valence-electron chi connectivity index (χ0n) is 24.3. The van der Waals surface area contributed by atoms with Crippen LogP contribution in [0.15, 0.2) is 23.8 Å². The van der Waals surface area contributed by atoms with Gasteiger partial charge in [0.05, 0.1) is 50.7 Å². The number of H-pyrrole nitrogens is 1. The number of anilines is 1. The second-order valence-corrected chi connectivity index (χ2v) is 14.9. The van der Waals surface area contributed by atoms with Gasteiger partial charge in [0, 0.05) is 11.3 Å². The van der Waals surface area contributed by atoms with Crippen molar-refractivity contribution in [3.05, 3.63) is 35.2 Å². The molecule has 4 aliphatic rings. The highest BCUT2D eigenvalue weighted by atomic mass is 31.2. The molecular weight excluding hydrogens is 668 g/mol. The summed E-state index contributed by atoms with van der Waals surface area (Å²) in [6.07, 6.45) is -2.76. The van der Waals surface area contributed by atoms with Crippen molar-refractivity contribution in [1.29, 1.82) is 0 Å². The molecule has 2 aliphatic carbocycles. The number of nitrogens with two attached hydrogens (primary N) is 1. The lowest BCUT2D eigenvalue weighted by molar-refractivity contribution is -0.0541. The second-order valence-electron chi connectivity index (χ2n) is 12.1. The molecule has 0 amide bonds. The maximum Gasteiger partial charge on any atom is 0.472 e. The van der Waals surface area contributed by atoms with Crippen molar-refractivity contribution >= 4 is 43.8 Å². The molecule has 0 radical (unpaired) electrons. The molecule has 4 aromatic rings. The molecule has 1 spiro atoms. The van der Waals surface area contributed by atoms with E-state index in [1.807, 2.05) is 0 Å². The van der Waals surface area contributed by atoms with Crippen molar-refractivity contribution in [3.63, 3.8) is 0 Å². The lowest BCUT2D eigenvalue weighted by Crippen LogP contribution is -2.38. The number of ether oxygens (including phenoxy) is 1.